The van der Waals surface area contributed by atoms with E-state index in [9.17, 15) is 0 Å². The first-order chi connectivity index (χ1) is 12.7. The quantitative estimate of drug-likeness (QED) is 0.319. The third kappa shape index (κ3) is 6.89. The number of nitrogens with zero attached hydrogens (tertiary/aromatic N) is 4. The summed E-state index contributed by atoms with van der Waals surface area (Å²) in [7, 11) is 5.05. The minimum Gasteiger partial charge on any atom is -0.493 e. The fraction of sp³-hybridized carbons (Fsp3) is 0.500. The lowest BCUT2D eigenvalue weighted by Gasteiger charge is -2.13. The normalized spacial score (nSPS) is 10.9. The van der Waals surface area contributed by atoms with Crippen molar-refractivity contribution in [1.82, 2.24) is 25.4 Å². The van der Waals surface area contributed by atoms with E-state index in [-0.39, 0.29) is 24.0 Å². The minimum absolute atomic E-state index is 0. The highest BCUT2D eigenvalue weighted by Crippen LogP contribution is 2.27. The fourth-order valence-electron chi connectivity index (χ4n) is 2.62. The summed E-state index contributed by atoms with van der Waals surface area (Å²) in [5.41, 5.74) is 1.17. The van der Waals surface area contributed by atoms with Gasteiger partial charge in [0.25, 0.3) is 0 Å². The van der Waals surface area contributed by atoms with Gasteiger partial charge in [-0.1, -0.05) is 13.0 Å². The van der Waals surface area contributed by atoms with E-state index in [2.05, 4.69) is 32.7 Å². The Kier molecular flexibility index (Phi) is 10.5. The second kappa shape index (κ2) is 12.4. The molecule has 1 aromatic heterocycles. The van der Waals surface area contributed by atoms with Crippen LogP contribution in [-0.2, 0) is 19.4 Å². The van der Waals surface area contributed by atoms with E-state index in [1.807, 2.05) is 22.8 Å². The van der Waals surface area contributed by atoms with Gasteiger partial charge in [0.05, 0.1) is 14.2 Å². The van der Waals surface area contributed by atoms with Crippen LogP contribution in [0.25, 0.3) is 0 Å². The number of ether oxygens (including phenoxy) is 2. The lowest BCUT2D eigenvalue weighted by atomic mass is 10.1. The summed E-state index contributed by atoms with van der Waals surface area (Å²) in [4.78, 5) is 4.25. The first-order valence-electron chi connectivity index (χ1n) is 8.73. The minimum atomic E-state index is 0. The highest BCUT2D eigenvalue weighted by Gasteiger charge is 2.05. The SMILES string of the molecule is CCc1nncn1CCNC(=NC)NCCc1ccc(OC)c(OC)c1.I. The maximum atomic E-state index is 5.34. The van der Waals surface area contributed by atoms with E-state index in [1.165, 1.54) is 5.56 Å². The molecule has 8 nitrogen and oxygen atoms in total. The van der Waals surface area contributed by atoms with E-state index in [1.54, 1.807) is 27.6 Å². The second-order valence-corrected chi connectivity index (χ2v) is 5.66. The molecule has 2 aromatic rings. The summed E-state index contributed by atoms with van der Waals surface area (Å²) < 4.78 is 12.6. The van der Waals surface area contributed by atoms with Gasteiger partial charge in [0.2, 0.25) is 0 Å². The van der Waals surface area contributed by atoms with Gasteiger partial charge in [-0.05, 0) is 24.1 Å². The largest absolute Gasteiger partial charge is 0.493 e. The average molecular weight is 488 g/mol. The lowest BCUT2D eigenvalue weighted by molar-refractivity contribution is 0.354. The van der Waals surface area contributed by atoms with Gasteiger partial charge >= 0.3 is 0 Å². The van der Waals surface area contributed by atoms with Gasteiger partial charge in [0.1, 0.15) is 12.2 Å². The molecule has 27 heavy (non-hydrogen) atoms. The van der Waals surface area contributed by atoms with Crippen molar-refractivity contribution in [2.24, 2.45) is 4.99 Å². The maximum Gasteiger partial charge on any atom is 0.191 e. The highest BCUT2D eigenvalue weighted by atomic mass is 127. The summed E-state index contributed by atoms with van der Waals surface area (Å²) >= 11 is 0. The average Bonchev–Trinajstić information content (AvgIpc) is 3.14. The topological polar surface area (TPSA) is 85.6 Å². The molecule has 0 fully saturated rings. The van der Waals surface area contributed by atoms with Crippen LogP contribution in [-0.4, -0.2) is 55.1 Å². The molecular weight excluding hydrogens is 459 g/mol. The number of benzene rings is 1. The Labute approximate surface area is 177 Å². The maximum absolute atomic E-state index is 5.34. The number of aromatic nitrogens is 3. The smallest absolute Gasteiger partial charge is 0.191 e. The van der Waals surface area contributed by atoms with Gasteiger partial charge in [-0.25, -0.2) is 0 Å². The van der Waals surface area contributed by atoms with Crippen LogP contribution in [0.1, 0.15) is 18.3 Å². The number of hydrogen-bond donors (Lipinski definition) is 2. The zero-order chi connectivity index (χ0) is 18.8. The molecule has 0 amide bonds. The Hall–Kier alpha value is -2.04. The van der Waals surface area contributed by atoms with E-state index >= 15 is 0 Å². The molecule has 0 saturated carbocycles. The van der Waals surface area contributed by atoms with Gasteiger partial charge in [-0.15, -0.1) is 34.2 Å². The van der Waals surface area contributed by atoms with E-state index in [0.29, 0.717) is 0 Å². The molecule has 9 heteroatoms. The van der Waals surface area contributed by atoms with Gasteiger partial charge < -0.3 is 24.7 Å². The molecule has 0 radical (unpaired) electrons. The Balaban J connectivity index is 0.00000364. The molecule has 150 valence electrons. The van der Waals surface area contributed by atoms with Crippen LogP contribution >= 0.6 is 24.0 Å². The molecule has 1 heterocycles. The van der Waals surface area contributed by atoms with Crippen LogP contribution in [0.4, 0.5) is 0 Å². The summed E-state index contributed by atoms with van der Waals surface area (Å²) in [5.74, 6) is 3.25. The molecule has 0 saturated heterocycles. The standard InChI is InChI=1S/C18H28N6O2.HI/c1-5-17-23-22-13-24(17)11-10-21-18(19-2)20-9-8-14-6-7-15(25-3)16(12-14)26-4;/h6-7,12-13H,5,8-11H2,1-4H3,(H2,19,20,21);1H. The number of aryl methyl sites for hydroxylation is 1. The van der Waals surface area contributed by atoms with Crippen molar-refractivity contribution in [3.63, 3.8) is 0 Å². The highest BCUT2D eigenvalue weighted by molar-refractivity contribution is 14.0. The van der Waals surface area contributed by atoms with Crippen molar-refractivity contribution >= 4 is 29.9 Å². The van der Waals surface area contributed by atoms with E-state index in [4.69, 9.17) is 9.47 Å². The molecule has 1 aromatic carbocycles. The third-order valence-corrected chi connectivity index (χ3v) is 4.03. The monoisotopic (exact) mass is 488 g/mol. The second-order valence-electron chi connectivity index (χ2n) is 5.66. The van der Waals surface area contributed by atoms with Crippen molar-refractivity contribution in [1.29, 1.82) is 0 Å². The van der Waals surface area contributed by atoms with Gasteiger partial charge in [0, 0.05) is 33.1 Å². The van der Waals surface area contributed by atoms with Crippen LogP contribution in [0.15, 0.2) is 29.5 Å². The van der Waals surface area contributed by atoms with E-state index in [0.717, 1.165) is 55.8 Å². The van der Waals surface area contributed by atoms with E-state index < -0.39 is 0 Å². The van der Waals surface area contributed by atoms with Crippen molar-refractivity contribution in [2.45, 2.75) is 26.3 Å². The summed E-state index contributed by atoms with van der Waals surface area (Å²) in [6.45, 7) is 4.39. The van der Waals surface area contributed by atoms with Crippen molar-refractivity contribution in [2.75, 3.05) is 34.4 Å². The molecule has 2 N–H and O–H groups in total. The first-order valence-corrected chi connectivity index (χ1v) is 8.73. The predicted octanol–water partition coefficient (Wildman–Crippen LogP) is 1.88. The number of rotatable bonds is 9. The van der Waals surface area contributed by atoms with Gasteiger partial charge in [-0.2, -0.15) is 0 Å². The molecular formula is C18H29IN6O2. The molecule has 0 atom stereocenters. The number of aliphatic imine (C=N–C) groups is 1. The molecule has 0 spiro atoms. The van der Waals surface area contributed by atoms with Crippen molar-refractivity contribution in [3.05, 3.63) is 35.9 Å². The molecule has 0 aliphatic rings. The van der Waals surface area contributed by atoms with Gasteiger partial charge in [0.15, 0.2) is 17.5 Å². The number of guanidine groups is 1. The van der Waals surface area contributed by atoms with Crippen LogP contribution in [0, 0.1) is 0 Å². The molecule has 0 bridgehead atoms. The predicted molar refractivity (Wildman–Crippen MR) is 117 cm³/mol. The summed E-state index contributed by atoms with van der Waals surface area (Å²) in [6, 6.07) is 5.96. The Morgan fingerprint density at radius 2 is 1.89 bits per heavy atom. The third-order valence-electron chi connectivity index (χ3n) is 4.03. The van der Waals surface area contributed by atoms with Crippen molar-refractivity contribution in [3.8, 4) is 11.5 Å². The van der Waals surface area contributed by atoms with Gasteiger partial charge in [-0.3, -0.25) is 4.99 Å². The number of hydrogen-bond acceptors (Lipinski definition) is 5. The number of halogens is 1. The fourth-order valence-corrected chi connectivity index (χ4v) is 2.62. The van der Waals surface area contributed by atoms with Crippen LogP contribution in [0.3, 0.4) is 0 Å². The number of nitrogens with one attached hydrogen (secondary N) is 2. The number of methoxy groups -OCH3 is 2. The van der Waals surface area contributed by atoms with Crippen molar-refractivity contribution < 1.29 is 9.47 Å². The molecule has 0 unspecified atom stereocenters. The first kappa shape index (κ1) is 23.0. The Morgan fingerprint density at radius 1 is 1.15 bits per heavy atom. The molecule has 0 aliphatic heterocycles. The zero-order valence-corrected chi connectivity index (χ0v) is 18.7. The zero-order valence-electron chi connectivity index (χ0n) is 16.4. The molecule has 2 rings (SSSR count). The summed E-state index contributed by atoms with van der Waals surface area (Å²) in [6.07, 6.45) is 3.48. The molecule has 0 aliphatic carbocycles. The van der Waals surface area contributed by atoms with Crippen LogP contribution in [0.5, 0.6) is 11.5 Å². The Bertz CT molecular complexity index is 720. The lowest BCUT2D eigenvalue weighted by Crippen LogP contribution is -2.39. The summed E-state index contributed by atoms with van der Waals surface area (Å²) in [5, 5.41) is 14.6. The van der Waals surface area contributed by atoms with Crippen LogP contribution in [0.2, 0.25) is 0 Å². The Morgan fingerprint density at radius 3 is 2.56 bits per heavy atom. The van der Waals surface area contributed by atoms with Crippen LogP contribution < -0.4 is 20.1 Å².